The van der Waals surface area contributed by atoms with Gasteiger partial charge in [0, 0.05) is 92.7 Å². The molecule has 17 heteroatoms. The average molecular weight is 1000 g/mol. The van der Waals surface area contributed by atoms with Crippen LogP contribution in [0.1, 0.15) is 100 Å². The Hall–Kier alpha value is -6.82. The minimum absolute atomic E-state index is 0.00351. The second kappa shape index (κ2) is 26.2. The molecule has 0 bridgehead atoms. The summed E-state index contributed by atoms with van der Waals surface area (Å²) in [4.78, 5) is 80.0. The van der Waals surface area contributed by atoms with Gasteiger partial charge in [-0.15, -0.1) is 0 Å². The number of hydrogen-bond acceptors (Lipinski definition) is 9. The second-order valence-electron chi connectivity index (χ2n) is 19.5. The molecule has 2 aromatic heterocycles. The molecule has 0 spiro atoms. The monoisotopic (exact) mass is 1000 g/mol. The number of fused-ring (bicyclic) bond motifs is 3. The Balaban J connectivity index is 1.14. The van der Waals surface area contributed by atoms with Gasteiger partial charge >= 0.3 is 5.90 Å². The number of carbonyl (C=O) groups is 5. The summed E-state index contributed by atoms with van der Waals surface area (Å²) in [5.74, 6) is -2.16. The van der Waals surface area contributed by atoms with E-state index in [-0.39, 0.29) is 42.4 Å². The molecule has 390 valence electrons. The standard InChI is InChI=1S/C56H72N8O9/c1-4-43(66)14-6-5-7-17-46-53(68)58-47(34-42-37-64(73-3)49-19-11-9-16-45(42)49)54(69)59-52(56(71)63-29-13-12-20-50(63)55(70)57-46)38(2)27-31-62-36-41(44-15-8-10-18-48(44)62)28-30-61(32-33-65)35-40-23-21-39(22-24-40)25-26-51(67)60-72/h8-11,15-16,18-19,21-26,36-38,46-47,50,52,65,72H,4-7,12-14,17,20,27-35H2,1-3H3,(H,57,70)(H,58,68)(H,59,69)(H,60,67)/p+1/b26-25+/t38?,46?,47-,50+,52-/m0/s1. The number of amides is 4. The molecular formula is C56H73N8O9+. The number of hydrogen-bond donors (Lipinski definition) is 7. The van der Waals surface area contributed by atoms with Gasteiger partial charge in [0.2, 0.25) is 17.9 Å². The normalized spacial score (nSPS) is 19.3. The fourth-order valence-electron chi connectivity index (χ4n) is 10.3. The molecule has 2 aliphatic heterocycles. The number of para-hydroxylation sites is 2. The van der Waals surface area contributed by atoms with Crippen LogP contribution in [-0.4, -0.2) is 127 Å². The summed E-state index contributed by atoms with van der Waals surface area (Å²) in [5.41, 5.74) is 7.22. The number of nitrogens with one attached hydrogen (secondary N) is 4. The van der Waals surface area contributed by atoms with Crippen LogP contribution in [0.5, 0.6) is 0 Å². The highest BCUT2D eigenvalue weighted by molar-refractivity contribution is 5.95. The maximum Gasteiger partial charge on any atom is 0.356 e. The zero-order valence-electron chi connectivity index (χ0n) is 42.4. The van der Waals surface area contributed by atoms with Gasteiger partial charge in [0.05, 0.1) is 12.1 Å². The van der Waals surface area contributed by atoms with E-state index in [2.05, 4.69) is 43.4 Å². The summed E-state index contributed by atoms with van der Waals surface area (Å²) in [5, 5.41) is 39.2. The summed E-state index contributed by atoms with van der Waals surface area (Å²) in [7, 11) is 1.57. The third-order valence-corrected chi connectivity index (χ3v) is 14.5. The molecule has 1 fully saturated rings. The van der Waals surface area contributed by atoms with E-state index in [0.29, 0.717) is 96.9 Å². The highest BCUT2D eigenvalue weighted by atomic mass is 16.6. The van der Waals surface area contributed by atoms with Crippen LogP contribution in [0.15, 0.2) is 91.3 Å². The largest absolute Gasteiger partial charge is 0.462 e. The van der Waals surface area contributed by atoms with Crippen molar-refractivity contribution in [3.8, 4) is 0 Å². The zero-order chi connectivity index (χ0) is 51.9. The predicted octanol–water partition coefficient (Wildman–Crippen LogP) is 4.18. The number of unbranched alkanes of at least 4 members (excludes halogenated alkanes) is 2. The molecule has 4 heterocycles. The third kappa shape index (κ3) is 14.0. The molecule has 0 saturated carbocycles. The van der Waals surface area contributed by atoms with E-state index in [0.717, 1.165) is 50.5 Å². The van der Waals surface area contributed by atoms with Crippen LogP contribution in [0.25, 0.3) is 27.9 Å². The van der Waals surface area contributed by atoms with Crippen LogP contribution in [-0.2, 0) is 49.9 Å². The van der Waals surface area contributed by atoms with Crippen molar-refractivity contribution in [2.45, 2.75) is 128 Å². The highest BCUT2D eigenvalue weighted by Gasteiger charge is 2.43. The number of nitrogens with zero attached hydrogens (tertiary/aromatic N) is 4. The van der Waals surface area contributed by atoms with Gasteiger partial charge in [-0.2, -0.15) is 4.73 Å². The van der Waals surface area contributed by atoms with Crippen molar-refractivity contribution in [2.24, 2.45) is 5.92 Å². The quantitative estimate of drug-likeness (QED) is 0.0214. The molecule has 5 atom stereocenters. The lowest BCUT2D eigenvalue weighted by Crippen LogP contribution is -2.87. The van der Waals surface area contributed by atoms with Crippen LogP contribution in [0.4, 0.5) is 0 Å². The smallest absolute Gasteiger partial charge is 0.356 e. The molecular weight excluding hydrogens is 929 g/mol. The fourth-order valence-corrected chi connectivity index (χ4v) is 10.3. The van der Waals surface area contributed by atoms with Gasteiger partial charge in [-0.25, -0.2) is 10.5 Å². The Morgan fingerprint density at radius 1 is 0.904 bits per heavy atom. The van der Waals surface area contributed by atoms with Gasteiger partial charge in [-0.3, -0.25) is 34.1 Å². The van der Waals surface area contributed by atoms with Crippen LogP contribution < -0.4 is 25.9 Å². The molecule has 2 unspecified atom stereocenters. The number of benzene rings is 3. The van der Waals surface area contributed by atoms with Crippen molar-refractivity contribution in [2.75, 3.05) is 33.4 Å². The zero-order valence-corrected chi connectivity index (χ0v) is 42.4. The molecule has 17 nitrogen and oxygen atoms in total. The summed E-state index contributed by atoms with van der Waals surface area (Å²) >= 11 is 0. The molecule has 2 aliphatic rings. The maximum atomic E-state index is 15.1. The molecule has 1 saturated heterocycles. The lowest BCUT2D eigenvalue weighted by Gasteiger charge is -2.37. The van der Waals surface area contributed by atoms with Gasteiger partial charge in [0.15, 0.2) is 6.04 Å². The number of carbonyl (C=O) groups excluding carboxylic acids is 5. The Morgan fingerprint density at radius 2 is 1.63 bits per heavy atom. The number of aryl methyl sites for hydroxylation is 1. The third-order valence-electron chi connectivity index (χ3n) is 14.5. The number of rotatable bonds is 23. The van der Waals surface area contributed by atoms with E-state index in [1.165, 1.54) is 6.08 Å². The molecule has 5 aromatic rings. The average Bonchev–Trinajstić information content (AvgIpc) is 3.96. The first kappa shape index (κ1) is 54.0. The number of aliphatic hydroxyl groups excluding tert-OH is 2. The van der Waals surface area contributed by atoms with Crippen LogP contribution >= 0.6 is 0 Å². The highest BCUT2D eigenvalue weighted by Crippen LogP contribution is 2.27. The number of hydroxylamine groups is 1. The Kier molecular flexibility index (Phi) is 19.4. The van der Waals surface area contributed by atoms with Crippen molar-refractivity contribution in [3.63, 3.8) is 0 Å². The van der Waals surface area contributed by atoms with Crippen molar-refractivity contribution in [1.82, 2.24) is 35.2 Å². The van der Waals surface area contributed by atoms with E-state index in [4.69, 9.17) is 10.0 Å². The Bertz CT molecular complexity index is 2750. The summed E-state index contributed by atoms with van der Waals surface area (Å²) in [6.45, 7) is 6.48. The molecule has 7 rings (SSSR count). The van der Waals surface area contributed by atoms with Crippen molar-refractivity contribution < 1.29 is 49.2 Å². The van der Waals surface area contributed by atoms with Crippen LogP contribution in [0, 0.1) is 5.92 Å². The van der Waals surface area contributed by atoms with Crippen LogP contribution in [0.3, 0.4) is 0 Å². The lowest BCUT2D eigenvalue weighted by atomic mass is 9.93. The number of aromatic nitrogens is 2. The fraction of sp³-hybridized carbons (Fsp3) is 0.464. The molecule has 4 amide bonds. The Labute approximate surface area is 427 Å². The van der Waals surface area contributed by atoms with E-state index in [1.54, 1.807) is 28.3 Å². The summed E-state index contributed by atoms with van der Waals surface area (Å²) in [6, 6.07) is 20.0. The number of ketones is 1. The lowest BCUT2D eigenvalue weighted by molar-refractivity contribution is -0.509. The van der Waals surface area contributed by atoms with E-state index in [1.807, 2.05) is 80.7 Å². The maximum absolute atomic E-state index is 15.1. The van der Waals surface area contributed by atoms with Crippen molar-refractivity contribution in [3.05, 3.63) is 114 Å². The molecule has 0 aliphatic carbocycles. The molecule has 7 N–H and O–H groups in total. The van der Waals surface area contributed by atoms with Gasteiger partial charge in [0.1, 0.15) is 25.0 Å². The summed E-state index contributed by atoms with van der Waals surface area (Å²) in [6.07, 6.45) is 13.4. The topological polar surface area (TPSA) is 222 Å². The first-order valence-corrected chi connectivity index (χ1v) is 25.9. The molecule has 3 aromatic carbocycles. The van der Waals surface area contributed by atoms with E-state index >= 15 is 4.79 Å². The Morgan fingerprint density at radius 3 is 2.36 bits per heavy atom. The van der Waals surface area contributed by atoms with Gasteiger partial charge in [-0.05, 0) is 85.4 Å². The van der Waals surface area contributed by atoms with Crippen molar-refractivity contribution >= 4 is 63.2 Å². The number of Topliss-reactive ketones (excluding diaryl/α,β-unsaturated/α-hetero) is 1. The van der Waals surface area contributed by atoms with Crippen molar-refractivity contribution in [1.29, 1.82) is 0 Å². The van der Waals surface area contributed by atoms with E-state index in [9.17, 15) is 29.4 Å². The second-order valence-corrected chi connectivity index (χ2v) is 19.5. The first-order chi connectivity index (χ1) is 35.4. The predicted molar refractivity (Wildman–Crippen MR) is 279 cm³/mol. The number of piperidine rings is 1. The van der Waals surface area contributed by atoms with Gasteiger partial charge in [-0.1, -0.05) is 87.4 Å². The molecule has 73 heavy (non-hydrogen) atoms. The molecule has 0 radical (unpaired) electrons. The summed E-state index contributed by atoms with van der Waals surface area (Å²) < 4.78 is 3.84. The van der Waals surface area contributed by atoms with Gasteiger partial charge in [0.25, 0.3) is 11.8 Å². The minimum Gasteiger partial charge on any atom is -0.462 e. The van der Waals surface area contributed by atoms with E-state index < -0.39 is 36.0 Å². The first-order valence-electron chi connectivity index (χ1n) is 25.9. The van der Waals surface area contributed by atoms with Crippen LogP contribution in [0.2, 0.25) is 0 Å². The SMILES string of the molecule is CCC(=O)CCCCCC1NC(=O)[C@H]2CCCCN2C(=O)[C@H](C(C)CCn2cc(CCN(CCO)Cc3ccc(/C=C/C(=O)NO)cc3)c3ccccc32)[NH+]=C(O)[C@H](Cc2cn(OC)c3ccccc23)NC1=O. The minimum atomic E-state index is -1.01. The number of aliphatic hydroxyl groups is 2. The van der Waals surface area contributed by atoms with Gasteiger partial charge < -0.3 is 35.2 Å².